The van der Waals surface area contributed by atoms with Crippen molar-refractivity contribution in [1.29, 1.82) is 0 Å². The summed E-state index contributed by atoms with van der Waals surface area (Å²) < 4.78 is 51.9. The lowest BCUT2D eigenvalue weighted by atomic mass is 9.81. The topological polar surface area (TPSA) is 63.7 Å². The van der Waals surface area contributed by atoms with Crippen molar-refractivity contribution in [1.82, 2.24) is 15.2 Å². The molecule has 6 nitrogen and oxygen atoms in total. The number of para-hydroxylation sites is 1. The van der Waals surface area contributed by atoms with Crippen LogP contribution in [0.5, 0.6) is 11.5 Å². The Kier molecular flexibility index (Phi) is 7.63. The van der Waals surface area contributed by atoms with Crippen molar-refractivity contribution >= 4 is 27.5 Å². The number of amides is 1. The summed E-state index contributed by atoms with van der Waals surface area (Å²) in [5, 5.41) is 3.89. The molecule has 1 aromatic heterocycles. The second-order valence-corrected chi connectivity index (χ2v) is 10.9. The first-order chi connectivity index (χ1) is 18.3. The maximum absolute atomic E-state index is 13.5. The number of aromatic nitrogens is 1. The molecule has 3 heterocycles. The van der Waals surface area contributed by atoms with Gasteiger partial charge in [-0.2, -0.15) is 13.2 Å². The Bertz CT molecular complexity index is 1310. The summed E-state index contributed by atoms with van der Waals surface area (Å²) in [5.74, 6) is 0.862. The van der Waals surface area contributed by atoms with Crippen LogP contribution in [0.25, 0.3) is 10.2 Å². The molecule has 2 aromatic carbocycles. The minimum Gasteiger partial charge on any atom is -0.493 e. The van der Waals surface area contributed by atoms with Crippen LogP contribution in [-0.2, 0) is 12.7 Å². The zero-order valence-electron chi connectivity index (χ0n) is 21.1. The maximum Gasteiger partial charge on any atom is 0.418 e. The van der Waals surface area contributed by atoms with E-state index in [2.05, 4.69) is 21.8 Å². The minimum absolute atomic E-state index is 0.0175. The molecule has 2 bridgehead atoms. The third-order valence-corrected chi connectivity index (χ3v) is 8.34. The van der Waals surface area contributed by atoms with E-state index >= 15 is 0 Å². The molecule has 0 saturated carbocycles. The van der Waals surface area contributed by atoms with Gasteiger partial charge in [0.15, 0.2) is 11.5 Å². The van der Waals surface area contributed by atoms with Crippen LogP contribution < -0.4 is 14.8 Å². The summed E-state index contributed by atoms with van der Waals surface area (Å²) in [6.45, 7) is 4.50. The number of rotatable bonds is 8. The van der Waals surface area contributed by atoms with Crippen molar-refractivity contribution in [2.24, 2.45) is 0 Å². The van der Waals surface area contributed by atoms with Crippen LogP contribution in [0, 0.1) is 0 Å². The molecule has 0 spiro atoms. The first-order valence-corrected chi connectivity index (χ1v) is 13.5. The van der Waals surface area contributed by atoms with Gasteiger partial charge in [-0.1, -0.05) is 25.1 Å². The van der Waals surface area contributed by atoms with E-state index in [9.17, 15) is 18.0 Å². The fourth-order valence-corrected chi connectivity index (χ4v) is 6.65. The van der Waals surface area contributed by atoms with Crippen molar-refractivity contribution in [3.05, 3.63) is 65.2 Å². The van der Waals surface area contributed by atoms with Crippen molar-refractivity contribution in [2.75, 3.05) is 13.7 Å². The number of fused-ring (bicyclic) bond motifs is 3. The van der Waals surface area contributed by atoms with Crippen LogP contribution in [0.15, 0.2) is 49.1 Å². The molecule has 1 N–H and O–H groups in total. The highest BCUT2D eigenvalue weighted by Gasteiger charge is 2.39. The average Bonchev–Trinajstić information content (AvgIpc) is 3.29. The second kappa shape index (κ2) is 10.9. The molecule has 2 aliphatic heterocycles. The fraction of sp³-hybridized carbons (Fsp3) is 0.429. The number of methoxy groups -OCH3 is 1. The number of halogens is 3. The van der Waals surface area contributed by atoms with Crippen molar-refractivity contribution in [3.63, 3.8) is 0 Å². The molecule has 2 unspecified atom stereocenters. The lowest BCUT2D eigenvalue weighted by Crippen LogP contribution is -2.56. The third kappa shape index (κ3) is 5.51. The third-order valence-electron chi connectivity index (χ3n) is 7.33. The molecule has 38 heavy (non-hydrogen) atoms. The molecule has 0 aliphatic carbocycles. The molecule has 2 aliphatic rings. The lowest BCUT2D eigenvalue weighted by molar-refractivity contribution is -0.136. The Morgan fingerprint density at radius 1 is 1.21 bits per heavy atom. The number of nitrogens with one attached hydrogen (secondary N) is 1. The van der Waals surface area contributed by atoms with Gasteiger partial charge in [-0.05, 0) is 56.0 Å². The SMILES string of the molecule is C=CCOc1ccc(C(=O)NC2CC3CCCC(C2)N3Cc2nc3c(C(F)(F)F)cccc3s2)cc1OC. The van der Waals surface area contributed by atoms with Crippen LogP contribution in [0.3, 0.4) is 0 Å². The summed E-state index contributed by atoms with van der Waals surface area (Å²) >= 11 is 1.33. The Morgan fingerprint density at radius 3 is 2.66 bits per heavy atom. The summed E-state index contributed by atoms with van der Waals surface area (Å²) in [7, 11) is 1.53. The fourth-order valence-electron chi connectivity index (χ4n) is 5.65. The van der Waals surface area contributed by atoms with Gasteiger partial charge in [-0.25, -0.2) is 4.98 Å². The van der Waals surface area contributed by atoms with Crippen LogP contribution in [0.2, 0.25) is 0 Å². The van der Waals surface area contributed by atoms with E-state index in [1.807, 2.05) is 0 Å². The van der Waals surface area contributed by atoms with Crippen LogP contribution in [0.4, 0.5) is 13.2 Å². The molecular formula is C28H30F3N3O3S. The molecular weight excluding hydrogens is 515 g/mol. The normalized spacial score (nSPS) is 21.7. The van der Waals surface area contributed by atoms with Gasteiger partial charge < -0.3 is 14.8 Å². The zero-order valence-corrected chi connectivity index (χ0v) is 21.9. The van der Waals surface area contributed by atoms with Gasteiger partial charge in [0.25, 0.3) is 5.91 Å². The van der Waals surface area contributed by atoms with Gasteiger partial charge in [-0.3, -0.25) is 9.69 Å². The van der Waals surface area contributed by atoms with Crippen molar-refractivity contribution in [2.45, 2.75) is 63.0 Å². The molecule has 3 aromatic rings. The van der Waals surface area contributed by atoms with Crippen LogP contribution in [-0.4, -0.2) is 47.6 Å². The van der Waals surface area contributed by atoms with Crippen LogP contribution >= 0.6 is 11.3 Å². The number of ether oxygens (including phenoxy) is 2. The summed E-state index contributed by atoms with van der Waals surface area (Å²) in [6.07, 6.45) is 1.88. The van der Waals surface area contributed by atoms with Gasteiger partial charge >= 0.3 is 6.18 Å². The van der Waals surface area contributed by atoms with E-state index in [1.165, 1.54) is 24.5 Å². The lowest BCUT2D eigenvalue weighted by Gasteiger charge is -2.48. The summed E-state index contributed by atoms with van der Waals surface area (Å²) in [4.78, 5) is 19.9. The van der Waals surface area contributed by atoms with E-state index < -0.39 is 11.7 Å². The standard InChI is InChI=1S/C28H30F3N3O3S/c1-3-12-37-22-11-10-17(13-23(22)36-2)27(35)32-18-14-19-6-4-7-20(15-18)34(19)16-25-33-26-21(28(29,30)31)8-5-9-24(26)38-25/h3,5,8-11,13,18-20H,1,4,6-7,12,14-16H2,2H3,(H,32,35). The Hall–Kier alpha value is -3.11. The monoisotopic (exact) mass is 545 g/mol. The highest BCUT2D eigenvalue weighted by molar-refractivity contribution is 7.18. The highest BCUT2D eigenvalue weighted by Crippen LogP contribution is 2.39. The van der Waals surface area contributed by atoms with Crippen molar-refractivity contribution < 1.29 is 27.4 Å². The van der Waals surface area contributed by atoms with Gasteiger partial charge in [0.05, 0.1) is 29.4 Å². The predicted molar refractivity (Wildman–Crippen MR) is 141 cm³/mol. The number of hydrogen-bond donors (Lipinski definition) is 1. The molecule has 2 fully saturated rings. The average molecular weight is 546 g/mol. The minimum atomic E-state index is -4.43. The zero-order chi connectivity index (χ0) is 26.9. The van der Waals surface area contributed by atoms with E-state index in [4.69, 9.17) is 9.47 Å². The number of thiazole rings is 1. The van der Waals surface area contributed by atoms with Gasteiger partial charge in [0, 0.05) is 23.7 Å². The molecule has 0 radical (unpaired) electrons. The molecule has 1 amide bonds. The van der Waals surface area contributed by atoms with Crippen LogP contribution in [0.1, 0.15) is 53.0 Å². The summed E-state index contributed by atoms with van der Waals surface area (Å²) in [5.41, 5.74) is -0.157. The summed E-state index contributed by atoms with van der Waals surface area (Å²) in [6, 6.07) is 9.83. The van der Waals surface area contributed by atoms with E-state index in [0.717, 1.165) is 38.2 Å². The smallest absolute Gasteiger partial charge is 0.418 e. The second-order valence-electron chi connectivity index (χ2n) is 9.78. The van der Waals surface area contributed by atoms with Gasteiger partial charge in [0.1, 0.15) is 11.6 Å². The Morgan fingerprint density at radius 2 is 1.97 bits per heavy atom. The molecule has 202 valence electrons. The first-order valence-electron chi connectivity index (χ1n) is 12.7. The number of carbonyl (C=O) groups excluding carboxylic acids is 1. The van der Waals surface area contributed by atoms with Gasteiger partial charge in [0.2, 0.25) is 0 Å². The molecule has 10 heteroatoms. The quantitative estimate of drug-likeness (QED) is 0.342. The van der Waals surface area contributed by atoms with Gasteiger partial charge in [-0.15, -0.1) is 11.3 Å². The first kappa shape index (κ1) is 26.5. The maximum atomic E-state index is 13.5. The number of nitrogens with zero attached hydrogens (tertiary/aromatic N) is 2. The Balaban J connectivity index is 1.27. The number of alkyl halides is 3. The number of hydrogen-bond acceptors (Lipinski definition) is 6. The number of carbonyl (C=O) groups is 1. The largest absolute Gasteiger partial charge is 0.493 e. The van der Waals surface area contributed by atoms with Crippen molar-refractivity contribution in [3.8, 4) is 11.5 Å². The highest BCUT2D eigenvalue weighted by atomic mass is 32.1. The van der Waals surface area contributed by atoms with E-state index in [0.29, 0.717) is 39.9 Å². The molecule has 5 rings (SSSR count). The van der Waals surface area contributed by atoms with E-state index in [1.54, 1.807) is 30.3 Å². The molecule has 2 atom stereocenters. The predicted octanol–water partition coefficient (Wildman–Crippen LogP) is 6.20. The number of benzene rings is 2. The molecule has 2 saturated heterocycles. The number of piperidine rings is 2. The van der Waals surface area contributed by atoms with E-state index in [-0.39, 0.29) is 29.5 Å². The Labute approximate surface area is 223 Å².